The van der Waals surface area contributed by atoms with Crippen molar-refractivity contribution in [3.63, 3.8) is 0 Å². The lowest BCUT2D eigenvalue weighted by Crippen LogP contribution is -2.61. The highest BCUT2D eigenvalue weighted by atomic mass is 19.4. The number of amides is 3. The van der Waals surface area contributed by atoms with Crippen LogP contribution in [0.15, 0.2) is 36.4 Å². The Morgan fingerprint density at radius 3 is 2.44 bits per heavy atom. The van der Waals surface area contributed by atoms with Gasteiger partial charge in [-0.05, 0) is 55.5 Å². The van der Waals surface area contributed by atoms with Gasteiger partial charge in [-0.3, -0.25) is 29.6 Å². The molecule has 3 aliphatic heterocycles. The molecule has 11 heteroatoms. The Balaban J connectivity index is 1.20. The number of alkyl halides is 3. The topological polar surface area (TPSA) is 103 Å². The van der Waals surface area contributed by atoms with E-state index in [0.717, 1.165) is 37.0 Å². The van der Waals surface area contributed by atoms with E-state index in [2.05, 4.69) is 10.2 Å². The number of hydrogen-bond donors (Lipinski definition) is 2. The number of carbonyl (C=O) groups excluding carboxylic acids is 3. The third-order valence-corrected chi connectivity index (χ3v) is 8.99. The first-order valence-electron chi connectivity index (χ1n) is 13.3. The molecular formula is C28H29F3N4O4. The fourth-order valence-electron chi connectivity index (χ4n) is 6.66. The van der Waals surface area contributed by atoms with Crippen molar-refractivity contribution in [2.24, 2.45) is 5.41 Å². The molecule has 2 aromatic rings. The number of piperidine rings is 2. The lowest BCUT2D eigenvalue weighted by atomic mass is 9.54. The first-order chi connectivity index (χ1) is 18.5. The highest BCUT2D eigenvalue weighted by Gasteiger charge is 2.58. The van der Waals surface area contributed by atoms with Gasteiger partial charge in [0.25, 0.3) is 5.91 Å². The van der Waals surface area contributed by atoms with Crippen LogP contribution in [-0.4, -0.2) is 56.7 Å². The van der Waals surface area contributed by atoms with Crippen LogP contribution in [0.5, 0.6) is 0 Å². The van der Waals surface area contributed by atoms with Gasteiger partial charge < -0.3 is 10.0 Å². The molecule has 1 saturated carbocycles. The van der Waals surface area contributed by atoms with Gasteiger partial charge in [-0.25, -0.2) is 0 Å². The number of nitrogens with one attached hydrogen (secondary N) is 1. The summed E-state index contributed by atoms with van der Waals surface area (Å²) in [7, 11) is 0. The second kappa shape index (κ2) is 9.12. The molecular weight excluding hydrogens is 513 g/mol. The quantitative estimate of drug-likeness (QED) is 0.576. The molecule has 1 aromatic heterocycles. The zero-order chi connectivity index (χ0) is 27.6. The number of carbonyl (C=O) groups is 3. The summed E-state index contributed by atoms with van der Waals surface area (Å²) in [5.74, 6) is -1.14. The average Bonchev–Trinajstić information content (AvgIpc) is 3.19. The molecule has 2 saturated heterocycles. The first-order valence-corrected chi connectivity index (χ1v) is 13.3. The molecule has 206 valence electrons. The summed E-state index contributed by atoms with van der Waals surface area (Å²) in [6.45, 7) is 1.75. The molecule has 3 amide bonds. The lowest BCUT2D eigenvalue weighted by molar-refractivity contribution is -0.183. The number of aromatic nitrogens is 1. The van der Waals surface area contributed by atoms with E-state index >= 15 is 0 Å². The van der Waals surface area contributed by atoms with Crippen molar-refractivity contribution in [3.05, 3.63) is 64.5 Å². The molecule has 1 aromatic carbocycles. The van der Waals surface area contributed by atoms with Crippen LogP contribution in [0.4, 0.5) is 13.2 Å². The molecule has 0 unspecified atom stereocenters. The number of nitrogens with zero attached hydrogens (tertiary/aromatic N) is 3. The third-order valence-electron chi connectivity index (χ3n) is 8.99. The molecule has 4 aliphatic rings. The van der Waals surface area contributed by atoms with Gasteiger partial charge in [0, 0.05) is 31.5 Å². The predicted molar refractivity (Wildman–Crippen MR) is 132 cm³/mol. The maximum Gasteiger partial charge on any atom is 0.416 e. The van der Waals surface area contributed by atoms with E-state index in [-0.39, 0.29) is 31.2 Å². The maximum absolute atomic E-state index is 13.1. The number of pyridine rings is 1. The SMILES string of the molecule is O=C1CC[C@@H](N2Cc3nc([C@@]4(O)CCN(Cc5ccc(C(F)(F)F)cc5)CC45CCC5)ccc3C2=O)C(=O)N1. The summed E-state index contributed by atoms with van der Waals surface area (Å²) >= 11 is 0. The van der Waals surface area contributed by atoms with E-state index in [9.17, 15) is 32.7 Å². The Kier molecular flexibility index (Phi) is 6.07. The summed E-state index contributed by atoms with van der Waals surface area (Å²) < 4.78 is 38.8. The first kappa shape index (κ1) is 25.9. The Morgan fingerprint density at radius 1 is 1.05 bits per heavy atom. The fourth-order valence-corrected chi connectivity index (χ4v) is 6.66. The Hall–Kier alpha value is -3.31. The Morgan fingerprint density at radius 2 is 1.79 bits per heavy atom. The van der Waals surface area contributed by atoms with Gasteiger partial charge in [0.1, 0.15) is 11.6 Å². The van der Waals surface area contributed by atoms with Crippen LogP contribution in [0.3, 0.4) is 0 Å². The molecule has 0 radical (unpaired) electrons. The molecule has 8 nitrogen and oxygen atoms in total. The number of rotatable bonds is 4. The smallest absolute Gasteiger partial charge is 0.383 e. The number of likely N-dealkylation sites (tertiary alicyclic amines) is 1. The van der Waals surface area contributed by atoms with Gasteiger partial charge in [0.2, 0.25) is 11.8 Å². The Labute approximate surface area is 223 Å². The minimum atomic E-state index is -4.37. The summed E-state index contributed by atoms with van der Waals surface area (Å²) in [5, 5.41) is 14.4. The van der Waals surface area contributed by atoms with Gasteiger partial charge in [-0.15, -0.1) is 0 Å². The number of imide groups is 1. The van der Waals surface area contributed by atoms with E-state index in [1.54, 1.807) is 12.1 Å². The van der Waals surface area contributed by atoms with Crippen LogP contribution in [0.1, 0.15) is 71.4 Å². The number of halogens is 3. The molecule has 4 heterocycles. The van der Waals surface area contributed by atoms with Crippen molar-refractivity contribution in [3.8, 4) is 0 Å². The fraction of sp³-hybridized carbons (Fsp3) is 0.500. The number of hydrogen-bond acceptors (Lipinski definition) is 6. The van der Waals surface area contributed by atoms with Crippen LogP contribution < -0.4 is 5.32 Å². The van der Waals surface area contributed by atoms with Crippen LogP contribution in [0.2, 0.25) is 0 Å². The summed E-state index contributed by atoms with van der Waals surface area (Å²) in [6.07, 6.45) is -0.977. The molecule has 2 atom stereocenters. The van der Waals surface area contributed by atoms with Crippen LogP contribution in [0.25, 0.3) is 0 Å². The van der Waals surface area contributed by atoms with Gasteiger partial charge >= 0.3 is 6.18 Å². The van der Waals surface area contributed by atoms with Crippen LogP contribution >= 0.6 is 0 Å². The minimum Gasteiger partial charge on any atom is -0.383 e. The van der Waals surface area contributed by atoms with Crippen molar-refractivity contribution in [2.75, 3.05) is 13.1 Å². The standard InChI is InChI=1S/C28H29F3N4O4/c29-28(30,31)18-4-2-17(3-5-18)14-34-13-12-27(39,26(16-34)10-1-11-26)22-8-6-19-20(32-22)15-35(25(19)38)21-7-9-23(36)33-24(21)37/h2-6,8,21,39H,1,7,9-16H2,(H,33,36,37)/t21-,27+/m1/s1. The summed E-state index contributed by atoms with van der Waals surface area (Å²) in [6, 6.07) is 7.85. The molecule has 0 bridgehead atoms. The zero-order valence-corrected chi connectivity index (χ0v) is 21.3. The summed E-state index contributed by atoms with van der Waals surface area (Å²) in [4.78, 5) is 45.4. The van der Waals surface area contributed by atoms with Crippen molar-refractivity contribution in [2.45, 2.75) is 69.4 Å². The Bertz CT molecular complexity index is 1340. The highest BCUT2D eigenvalue weighted by molar-refractivity contribution is 6.05. The predicted octanol–water partition coefficient (Wildman–Crippen LogP) is 3.13. The van der Waals surface area contributed by atoms with E-state index in [1.807, 2.05) is 0 Å². The molecule has 1 spiro atoms. The monoisotopic (exact) mass is 542 g/mol. The van der Waals surface area contributed by atoms with Crippen LogP contribution in [-0.2, 0) is 34.5 Å². The van der Waals surface area contributed by atoms with Crippen LogP contribution in [0, 0.1) is 5.41 Å². The van der Waals surface area contributed by atoms with Gasteiger partial charge in [0.15, 0.2) is 0 Å². The normalized spacial score (nSPS) is 26.9. The van der Waals surface area contributed by atoms with E-state index < -0.39 is 34.7 Å². The van der Waals surface area contributed by atoms with Crippen molar-refractivity contribution in [1.29, 1.82) is 0 Å². The number of aliphatic hydroxyl groups is 1. The van der Waals surface area contributed by atoms with Crippen molar-refractivity contribution in [1.82, 2.24) is 20.1 Å². The molecule has 2 N–H and O–H groups in total. The molecule has 1 aliphatic carbocycles. The van der Waals surface area contributed by atoms with Crippen molar-refractivity contribution >= 4 is 17.7 Å². The van der Waals surface area contributed by atoms with Gasteiger partial charge in [-0.1, -0.05) is 18.6 Å². The maximum atomic E-state index is 13.1. The molecule has 6 rings (SSSR count). The number of fused-ring (bicyclic) bond motifs is 1. The van der Waals surface area contributed by atoms with E-state index in [0.29, 0.717) is 43.0 Å². The minimum absolute atomic E-state index is 0.136. The lowest BCUT2D eigenvalue weighted by Gasteiger charge is -2.58. The van der Waals surface area contributed by atoms with Gasteiger partial charge in [0.05, 0.1) is 29.1 Å². The highest BCUT2D eigenvalue weighted by Crippen LogP contribution is 2.57. The molecule has 39 heavy (non-hydrogen) atoms. The van der Waals surface area contributed by atoms with Gasteiger partial charge in [-0.2, -0.15) is 13.2 Å². The third kappa shape index (κ3) is 4.31. The number of benzene rings is 1. The zero-order valence-electron chi connectivity index (χ0n) is 21.3. The second-order valence-corrected chi connectivity index (χ2v) is 11.2. The molecule has 3 fully saturated rings. The van der Waals surface area contributed by atoms with E-state index in [1.165, 1.54) is 17.0 Å². The average molecular weight is 543 g/mol. The largest absolute Gasteiger partial charge is 0.416 e. The second-order valence-electron chi connectivity index (χ2n) is 11.2. The van der Waals surface area contributed by atoms with Crippen molar-refractivity contribution < 1.29 is 32.7 Å². The summed E-state index contributed by atoms with van der Waals surface area (Å²) in [5.41, 5.74) is -0.121. The van der Waals surface area contributed by atoms with E-state index in [4.69, 9.17) is 4.98 Å².